The molecule has 3 aromatic carbocycles. The van der Waals surface area contributed by atoms with Crippen LogP contribution < -0.4 is 15.0 Å². The van der Waals surface area contributed by atoms with Crippen molar-refractivity contribution in [2.75, 3.05) is 37.5 Å². The van der Waals surface area contributed by atoms with E-state index in [9.17, 15) is 9.59 Å². The Kier molecular flexibility index (Phi) is 8.54. The highest BCUT2D eigenvalue weighted by molar-refractivity contribution is 8.00. The van der Waals surface area contributed by atoms with Gasteiger partial charge in [0.05, 0.1) is 35.6 Å². The van der Waals surface area contributed by atoms with Crippen LogP contribution in [0.5, 0.6) is 5.75 Å². The van der Waals surface area contributed by atoms with Gasteiger partial charge >= 0.3 is 0 Å². The molecule has 2 aliphatic heterocycles. The van der Waals surface area contributed by atoms with Crippen LogP contribution in [-0.4, -0.2) is 60.3 Å². The molecule has 2 aliphatic rings. The number of aryl methyl sites for hydroxylation is 1. The van der Waals surface area contributed by atoms with E-state index >= 15 is 0 Å². The summed E-state index contributed by atoms with van der Waals surface area (Å²) in [5, 5.41) is 7.96. The predicted octanol–water partition coefficient (Wildman–Crippen LogP) is 5.63. The second-order valence-electron chi connectivity index (χ2n) is 10.9. The van der Waals surface area contributed by atoms with Crippen LogP contribution in [0.4, 0.5) is 5.82 Å². The van der Waals surface area contributed by atoms with E-state index in [0.29, 0.717) is 19.0 Å². The van der Waals surface area contributed by atoms with Crippen molar-refractivity contribution in [3.63, 3.8) is 0 Å². The summed E-state index contributed by atoms with van der Waals surface area (Å²) < 4.78 is 13.4. The van der Waals surface area contributed by atoms with Crippen molar-refractivity contribution in [1.82, 2.24) is 15.1 Å². The maximum absolute atomic E-state index is 14.0. The zero-order chi connectivity index (χ0) is 29.9. The summed E-state index contributed by atoms with van der Waals surface area (Å²) in [5.74, 6) is 1.15. The lowest BCUT2D eigenvalue weighted by Crippen LogP contribution is -2.44. The van der Waals surface area contributed by atoms with Crippen LogP contribution in [0.1, 0.15) is 40.3 Å². The smallest absolute Gasteiger partial charge is 0.240 e. The van der Waals surface area contributed by atoms with E-state index in [4.69, 9.17) is 14.6 Å². The largest absolute Gasteiger partial charge is 0.496 e. The van der Waals surface area contributed by atoms with Crippen molar-refractivity contribution in [2.45, 2.75) is 38.0 Å². The lowest BCUT2D eigenvalue weighted by molar-refractivity contribution is -0.123. The quantitative estimate of drug-likeness (QED) is 0.284. The first-order valence-electron chi connectivity index (χ1n) is 14.6. The average Bonchev–Trinajstić information content (AvgIpc) is 3.67. The normalized spacial score (nSPS) is 18.3. The minimum absolute atomic E-state index is 0.00924. The van der Waals surface area contributed by atoms with E-state index in [1.807, 2.05) is 71.4 Å². The molecule has 1 fully saturated rings. The summed E-state index contributed by atoms with van der Waals surface area (Å²) in [5.41, 5.74) is 6.54. The molecule has 0 bridgehead atoms. The highest BCUT2D eigenvalue weighted by Crippen LogP contribution is 2.50. The van der Waals surface area contributed by atoms with Gasteiger partial charge in [0, 0.05) is 29.8 Å². The topological polar surface area (TPSA) is 85.7 Å². The Balaban J connectivity index is 1.56. The van der Waals surface area contributed by atoms with Crippen molar-refractivity contribution < 1.29 is 19.1 Å². The molecule has 6 rings (SSSR count). The third-order valence-corrected chi connectivity index (χ3v) is 9.45. The lowest BCUT2D eigenvalue weighted by atomic mass is 9.98. The molecule has 4 aromatic rings. The van der Waals surface area contributed by atoms with Gasteiger partial charge in [0.1, 0.15) is 18.1 Å². The number of carbonyl (C=O) groups is 2. The van der Waals surface area contributed by atoms with E-state index in [1.54, 1.807) is 12.0 Å². The second kappa shape index (κ2) is 12.7. The van der Waals surface area contributed by atoms with Crippen LogP contribution in [0.3, 0.4) is 0 Å². The Morgan fingerprint density at radius 2 is 1.86 bits per heavy atom. The van der Waals surface area contributed by atoms with Gasteiger partial charge < -0.3 is 14.8 Å². The molecule has 0 unspecified atom stereocenters. The summed E-state index contributed by atoms with van der Waals surface area (Å²) in [4.78, 5) is 29.0. The second-order valence-corrected chi connectivity index (χ2v) is 12.0. The third-order valence-electron chi connectivity index (χ3n) is 8.21. The molecule has 9 heteroatoms. The molecule has 2 atom stereocenters. The number of methoxy groups -OCH3 is 1. The fourth-order valence-corrected chi connectivity index (χ4v) is 7.05. The number of para-hydroxylation sites is 1. The van der Waals surface area contributed by atoms with Gasteiger partial charge in [0.25, 0.3) is 0 Å². The van der Waals surface area contributed by atoms with Crippen LogP contribution in [-0.2, 0) is 14.3 Å². The number of fused-ring (bicyclic) bond motifs is 1. The zero-order valence-electron chi connectivity index (χ0n) is 24.7. The number of ether oxygens (including phenoxy) is 2. The van der Waals surface area contributed by atoms with Crippen LogP contribution in [0.25, 0.3) is 16.9 Å². The molecule has 1 N–H and O–H groups in total. The SMILES string of the molecule is COc1ccccc1[C@H]1SCC(=O)N(CC(=O)NC[C@@H]2CCCO2)c2c1c(-c1ccccc1)nn2-c1cccc(C)c1C. The Labute approximate surface area is 256 Å². The molecule has 0 spiro atoms. The minimum atomic E-state index is -0.274. The molecule has 222 valence electrons. The maximum Gasteiger partial charge on any atom is 0.240 e. The predicted molar refractivity (Wildman–Crippen MR) is 170 cm³/mol. The van der Waals surface area contributed by atoms with Gasteiger partial charge in [0.2, 0.25) is 11.8 Å². The van der Waals surface area contributed by atoms with Crippen LogP contribution in [0, 0.1) is 13.8 Å². The standard InChI is InChI=1S/C34H36N4O4S/c1-22-11-9-16-27(23(22)2)38-34-31(32(36-38)24-12-5-4-6-13-24)33(26-15-7-8-17-28(26)41-3)43-21-30(40)37(34)20-29(39)35-19-25-14-10-18-42-25/h4-9,11-13,15-17,25,33H,10,14,18-21H2,1-3H3,(H,35,39)/t25-,33+/m0/s1. The maximum atomic E-state index is 14.0. The molecule has 1 saturated heterocycles. The first-order valence-corrected chi connectivity index (χ1v) is 15.7. The van der Waals surface area contributed by atoms with Crippen molar-refractivity contribution in [3.8, 4) is 22.7 Å². The van der Waals surface area contributed by atoms with Crippen molar-refractivity contribution >= 4 is 29.4 Å². The molecule has 1 aromatic heterocycles. The number of benzene rings is 3. The summed E-state index contributed by atoms with van der Waals surface area (Å²) in [7, 11) is 1.66. The van der Waals surface area contributed by atoms with Gasteiger partial charge in [-0.15, -0.1) is 11.8 Å². The third kappa shape index (κ3) is 5.79. The van der Waals surface area contributed by atoms with E-state index < -0.39 is 0 Å². The van der Waals surface area contributed by atoms with Gasteiger partial charge in [-0.25, -0.2) is 4.68 Å². The monoisotopic (exact) mass is 596 g/mol. The molecule has 2 amide bonds. The van der Waals surface area contributed by atoms with E-state index in [0.717, 1.165) is 57.8 Å². The van der Waals surface area contributed by atoms with Crippen molar-refractivity contribution in [3.05, 3.63) is 95.1 Å². The Hall–Kier alpha value is -4.08. The Morgan fingerprint density at radius 3 is 2.63 bits per heavy atom. The fraction of sp³-hybridized carbons (Fsp3) is 0.324. The fourth-order valence-electron chi connectivity index (χ4n) is 5.82. The van der Waals surface area contributed by atoms with Crippen LogP contribution >= 0.6 is 11.8 Å². The number of nitrogens with one attached hydrogen (secondary N) is 1. The molecule has 0 radical (unpaired) electrons. The number of nitrogens with zero attached hydrogens (tertiary/aromatic N) is 3. The number of hydrogen-bond donors (Lipinski definition) is 1. The number of thioether (sulfide) groups is 1. The molecular weight excluding hydrogens is 560 g/mol. The van der Waals surface area contributed by atoms with Gasteiger partial charge in [-0.05, 0) is 49.9 Å². The van der Waals surface area contributed by atoms with Crippen molar-refractivity contribution in [1.29, 1.82) is 0 Å². The van der Waals surface area contributed by atoms with E-state index in [1.165, 1.54) is 11.8 Å². The molecule has 8 nitrogen and oxygen atoms in total. The number of amides is 2. The first-order chi connectivity index (χ1) is 21.0. The molecule has 0 aliphatic carbocycles. The van der Waals surface area contributed by atoms with Gasteiger partial charge in [0.15, 0.2) is 0 Å². The molecule has 43 heavy (non-hydrogen) atoms. The van der Waals surface area contributed by atoms with Crippen molar-refractivity contribution in [2.24, 2.45) is 0 Å². The highest BCUT2D eigenvalue weighted by atomic mass is 32.2. The molecule has 0 saturated carbocycles. The van der Waals surface area contributed by atoms with Crippen LogP contribution in [0.2, 0.25) is 0 Å². The highest BCUT2D eigenvalue weighted by Gasteiger charge is 2.39. The summed E-state index contributed by atoms with van der Waals surface area (Å²) in [6.07, 6.45) is 1.92. The first kappa shape index (κ1) is 29.0. The zero-order valence-corrected chi connectivity index (χ0v) is 25.5. The number of anilines is 1. The van der Waals surface area contributed by atoms with Gasteiger partial charge in [-0.1, -0.05) is 60.7 Å². The number of aromatic nitrogens is 2. The Bertz CT molecular complexity index is 1630. The van der Waals surface area contributed by atoms with Gasteiger partial charge in [-0.2, -0.15) is 5.10 Å². The summed E-state index contributed by atoms with van der Waals surface area (Å²) in [6, 6.07) is 24.0. The number of carbonyl (C=O) groups excluding carboxylic acids is 2. The minimum Gasteiger partial charge on any atom is -0.496 e. The number of rotatable bonds is 8. The molecular formula is C34H36N4O4S. The van der Waals surface area contributed by atoms with Gasteiger partial charge in [-0.3, -0.25) is 14.5 Å². The average molecular weight is 597 g/mol. The Morgan fingerprint density at radius 1 is 1.07 bits per heavy atom. The van der Waals surface area contributed by atoms with Crippen LogP contribution in [0.15, 0.2) is 72.8 Å². The summed E-state index contributed by atoms with van der Waals surface area (Å²) in [6.45, 7) is 5.15. The number of hydrogen-bond acceptors (Lipinski definition) is 6. The van der Waals surface area contributed by atoms with E-state index in [-0.39, 0.29) is 35.5 Å². The lowest BCUT2D eigenvalue weighted by Gasteiger charge is -2.24. The van der Waals surface area contributed by atoms with E-state index in [2.05, 4.69) is 25.2 Å². The molecule has 3 heterocycles. The summed E-state index contributed by atoms with van der Waals surface area (Å²) >= 11 is 1.53.